The van der Waals surface area contributed by atoms with Crippen molar-refractivity contribution in [2.45, 2.75) is 0 Å². The van der Waals surface area contributed by atoms with Gasteiger partial charge in [-0.3, -0.25) is 0 Å². The van der Waals surface area contributed by atoms with Crippen molar-refractivity contribution < 1.29 is 4.39 Å². The van der Waals surface area contributed by atoms with Gasteiger partial charge in [0, 0.05) is 10.8 Å². The summed E-state index contributed by atoms with van der Waals surface area (Å²) in [4.78, 5) is 0. The Morgan fingerprint density at radius 1 is 0.625 bits per heavy atom. The maximum Gasteiger partial charge on any atom is 0.138 e. The first-order valence-corrected chi connectivity index (χ1v) is 7.71. The molecule has 0 amide bonds. The maximum atomic E-state index is 13.8. The number of hydrogen-bond acceptors (Lipinski definition) is 1. The summed E-state index contributed by atoms with van der Waals surface area (Å²) in [5.74, 6) is 5.69. The normalized spacial score (nSPS) is 10.5. The van der Waals surface area contributed by atoms with E-state index in [-0.39, 0.29) is 5.82 Å². The summed E-state index contributed by atoms with van der Waals surface area (Å²) in [5, 5.41) is 4.15. The molecule has 4 rings (SSSR count). The minimum atomic E-state index is -0.325. The van der Waals surface area contributed by atoms with Crippen LogP contribution in [0, 0.1) is 17.7 Å². The first-order valence-electron chi connectivity index (χ1n) is 7.71. The van der Waals surface area contributed by atoms with Gasteiger partial charge >= 0.3 is 0 Å². The second-order valence-electron chi connectivity index (χ2n) is 5.61. The molecule has 0 spiro atoms. The predicted octanol–water partition coefficient (Wildman–Crippen LogP) is 5.11. The number of nitrogens with two attached hydrogens (primary N) is 1. The van der Waals surface area contributed by atoms with Crippen LogP contribution in [0.1, 0.15) is 11.1 Å². The fourth-order valence-electron chi connectivity index (χ4n) is 3.00. The van der Waals surface area contributed by atoms with Gasteiger partial charge in [-0.2, -0.15) is 0 Å². The fourth-order valence-corrected chi connectivity index (χ4v) is 3.00. The van der Waals surface area contributed by atoms with Crippen LogP contribution < -0.4 is 5.73 Å². The minimum Gasteiger partial charge on any atom is -0.397 e. The summed E-state index contributed by atoms with van der Waals surface area (Å²) in [6.45, 7) is 0. The summed E-state index contributed by atoms with van der Waals surface area (Å²) in [7, 11) is 0. The SMILES string of the molecule is Nc1c(C#Cc2ccccc2F)c2ccccc2c2ccccc12. The molecule has 4 aromatic carbocycles. The second kappa shape index (κ2) is 5.72. The molecule has 2 N–H and O–H groups in total. The van der Waals surface area contributed by atoms with Crippen molar-refractivity contribution in [1.82, 2.24) is 0 Å². The molecule has 0 saturated carbocycles. The topological polar surface area (TPSA) is 26.0 Å². The number of halogens is 1. The molecule has 0 aliphatic heterocycles. The first kappa shape index (κ1) is 14.3. The van der Waals surface area contributed by atoms with Gasteiger partial charge in [0.15, 0.2) is 0 Å². The van der Waals surface area contributed by atoms with E-state index in [1.54, 1.807) is 18.2 Å². The van der Waals surface area contributed by atoms with Crippen LogP contribution in [0.3, 0.4) is 0 Å². The molecule has 4 aromatic rings. The zero-order chi connectivity index (χ0) is 16.5. The van der Waals surface area contributed by atoms with E-state index in [9.17, 15) is 4.39 Å². The lowest BCUT2D eigenvalue weighted by atomic mass is 9.95. The molecular weight excluding hydrogens is 297 g/mol. The van der Waals surface area contributed by atoms with Crippen molar-refractivity contribution in [3.8, 4) is 11.8 Å². The molecule has 0 aliphatic rings. The lowest BCUT2D eigenvalue weighted by molar-refractivity contribution is 0.624. The average molecular weight is 311 g/mol. The number of hydrogen-bond donors (Lipinski definition) is 1. The molecule has 0 unspecified atom stereocenters. The Morgan fingerprint density at radius 3 is 1.88 bits per heavy atom. The van der Waals surface area contributed by atoms with E-state index in [2.05, 4.69) is 24.0 Å². The summed E-state index contributed by atoms with van der Waals surface area (Å²) < 4.78 is 13.8. The largest absolute Gasteiger partial charge is 0.397 e. The van der Waals surface area contributed by atoms with Gasteiger partial charge in [0.2, 0.25) is 0 Å². The Balaban J connectivity index is 2.05. The third-order valence-corrected chi connectivity index (χ3v) is 4.17. The van der Waals surface area contributed by atoms with Gasteiger partial charge < -0.3 is 5.73 Å². The molecule has 0 aliphatic carbocycles. The lowest BCUT2D eigenvalue weighted by Gasteiger charge is -2.10. The van der Waals surface area contributed by atoms with Crippen LogP contribution in [0.5, 0.6) is 0 Å². The number of nitrogen functional groups attached to an aromatic ring is 1. The van der Waals surface area contributed by atoms with E-state index in [0.29, 0.717) is 11.3 Å². The molecular formula is C22H14FN. The van der Waals surface area contributed by atoms with Gasteiger partial charge in [-0.1, -0.05) is 72.5 Å². The summed E-state index contributed by atoms with van der Waals surface area (Å²) in [5.41, 5.74) is 8.14. The van der Waals surface area contributed by atoms with Crippen LogP contribution in [0.25, 0.3) is 21.5 Å². The van der Waals surface area contributed by atoms with Gasteiger partial charge in [0.05, 0.1) is 16.8 Å². The zero-order valence-electron chi connectivity index (χ0n) is 12.9. The molecule has 0 fully saturated rings. The van der Waals surface area contributed by atoms with Crippen LogP contribution in [-0.4, -0.2) is 0 Å². The highest BCUT2D eigenvalue weighted by Crippen LogP contribution is 2.34. The smallest absolute Gasteiger partial charge is 0.138 e. The molecule has 0 aromatic heterocycles. The summed E-state index contributed by atoms with van der Waals surface area (Å²) >= 11 is 0. The van der Waals surface area contributed by atoms with Crippen LogP contribution in [0.15, 0.2) is 72.8 Å². The third kappa shape index (κ3) is 2.28. The van der Waals surface area contributed by atoms with Gasteiger partial charge in [0.1, 0.15) is 5.82 Å². The highest BCUT2D eigenvalue weighted by atomic mass is 19.1. The van der Waals surface area contributed by atoms with Gasteiger partial charge in [-0.25, -0.2) is 4.39 Å². The van der Waals surface area contributed by atoms with Crippen molar-refractivity contribution >= 4 is 27.2 Å². The molecule has 0 bridgehead atoms. The van der Waals surface area contributed by atoms with E-state index in [1.807, 2.05) is 36.4 Å². The highest BCUT2D eigenvalue weighted by Gasteiger charge is 2.10. The van der Waals surface area contributed by atoms with Crippen LogP contribution in [-0.2, 0) is 0 Å². The Labute approximate surface area is 139 Å². The molecule has 114 valence electrons. The molecule has 0 saturated heterocycles. The van der Waals surface area contributed by atoms with Gasteiger partial charge in [-0.05, 0) is 22.9 Å². The Bertz CT molecular complexity index is 1130. The van der Waals surface area contributed by atoms with Crippen LogP contribution in [0.4, 0.5) is 10.1 Å². The molecule has 24 heavy (non-hydrogen) atoms. The number of rotatable bonds is 0. The number of fused-ring (bicyclic) bond motifs is 3. The lowest BCUT2D eigenvalue weighted by Crippen LogP contribution is -1.95. The quantitative estimate of drug-likeness (QED) is 0.272. The van der Waals surface area contributed by atoms with E-state index in [1.165, 1.54) is 6.07 Å². The Kier molecular flexibility index (Phi) is 3.40. The number of benzene rings is 4. The van der Waals surface area contributed by atoms with Crippen LogP contribution >= 0.6 is 0 Å². The third-order valence-electron chi connectivity index (χ3n) is 4.17. The average Bonchev–Trinajstić information content (AvgIpc) is 2.63. The van der Waals surface area contributed by atoms with E-state index >= 15 is 0 Å². The molecule has 2 heteroatoms. The van der Waals surface area contributed by atoms with Crippen molar-refractivity contribution in [2.75, 3.05) is 5.73 Å². The fraction of sp³-hybridized carbons (Fsp3) is 0. The minimum absolute atomic E-state index is 0.325. The Hall–Kier alpha value is -3.31. The predicted molar refractivity (Wildman–Crippen MR) is 98.2 cm³/mol. The molecule has 0 atom stereocenters. The van der Waals surface area contributed by atoms with E-state index < -0.39 is 0 Å². The van der Waals surface area contributed by atoms with Gasteiger partial charge in [-0.15, -0.1) is 0 Å². The van der Waals surface area contributed by atoms with Crippen molar-refractivity contribution in [3.05, 3.63) is 89.7 Å². The van der Waals surface area contributed by atoms with Gasteiger partial charge in [0.25, 0.3) is 0 Å². The van der Waals surface area contributed by atoms with Crippen LogP contribution in [0.2, 0.25) is 0 Å². The molecule has 0 heterocycles. The Morgan fingerprint density at radius 2 is 1.17 bits per heavy atom. The maximum absolute atomic E-state index is 13.8. The second-order valence-corrected chi connectivity index (χ2v) is 5.61. The summed E-state index contributed by atoms with van der Waals surface area (Å²) in [6, 6.07) is 22.5. The van der Waals surface area contributed by atoms with Crippen molar-refractivity contribution in [1.29, 1.82) is 0 Å². The van der Waals surface area contributed by atoms with E-state index in [4.69, 9.17) is 5.73 Å². The first-order chi connectivity index (χ1) is 11.8. The van der Waals surface area contributed by atoms with Crippen molar-refractivity contribution in [3.63, 3.8) is 0 Å². The van der Waals surface area contributed by atoms with Crippen molar-refractivity contribution in [2.24, 2.45) is 0 Å². The molecule has 1 nitrogen and oxygen atoms in total. The highest BCUT2D eigenvalue weighted by molar-refractivity contribution is 6.15. The van der Waals surface area contributed by atoms with E-state index in [0.717, 1.165) is 27.1 Å². The monoisotopic (exact) mass is 311 g/mol. The summed E-state index contributed by atoms with van der Waals surface area (Å²) in [6.07, 6.45) is 0. The molecule has 0 radical (unpaired) electrons. The zero-order valence-corrected chi connectivity index (χ0v) is 12.9. The standard InChI is InChI=1S/C22H14FN/c23-21-12-6-1-7-15(21)13-14-20-18-10-3-2-8-16(18)17-9-4-5-11-19(17)22(20)24/h1-12H,24H2. The number of anilines is 1.